The predicted molar refractivity (Wildman–Crippen MR) is 67.6 cm³/mol. The Morgan fingerprint density at radius 2 is 2.05 bits per heavy atom. The number of H-pyrrole nitrogens is 1. The molecule has 0 fully saturated rings. The smallest absolute Gasteiger partial charge is 0.326 e. The minimum Gasteiger partial charge on any atom is -0.480 e. The molecule has 0 aliphatic heterocycles. The molecule has 2 rings (SSSR count). The summed E-state index contributed by atoms with van der Waals surface area (Å²) < 4.78 is 0. The topological polar surface area (TPSA) is 95.1 Å². The zero-order chi connectivity index (χ0) is 13.7. The number of benzene rings is 1. The first-order valence-corrected chi connectivity index (χ1v) is 5.73. The minimum atomic E-state index is -1.07. The molecule has 0 saturated carbocycles. The van der Waals surface area contributed by atoms with Crippen LogP contribution < -0.4 is 5.32 Å². The van der Waals surface area contributed by atoms with Gasteiger partial charge in [0.15, 0.2) is 0 Å². The summed E-state index contributed by atoms with van der Waals surface area (Å²) in [5, 5.41) is 11.6. The van der Waals surface area contributed by atoms with Gasteiger partial charge in [0, 0.05) is 6.42 Å². The van der Waals surface area contributed by atoms with E-state index in [1.165, 1.54) is 12.5 Å². The van der Waals surface area contributed by atoms with E-state index in [9.17, 15) is 9.59 Å². The molecule has 0 radical (unpaired) electrons. The summed E-state index contributed by atoms with van der Waals surface area (Å²) >= 11 is 0. The summed E-state index contributed by atoms with van der Waals surface area (Å²) in [5.41, 5.74) is 1.08. The lowest BCUT2D eigenvalue weighted by atomic mass is 10.1. The van der Waals surface area contributed by atoms with E-state index in [0.717, 1.165) is 5.56 Å². The van der Waals surface area contributed by atoms with E-state index in [4.69, 9.17) is 5.11 Å². The summed E-state index contributed by atoms with van der Waals surface area (Å²) in [6, 6.07) is 8.16. The maximum atomic E-state index is 11.8. The van der Waals surface area contributed by atoms with Crippen molar-refractivity contribution in [1.82, 2.24) is 15.3 Å². The van der Waals surface area contributed by atoms with Gasteiger partial charge in [0.25, 0.3) is 5.91 Å². The number of carboxylic acid groups (broad SMARTS) is 1. The van der Waals surface area contributed by atoms with Gasteiger partial charge in [0.05, 0.1) is 12.5 Å². The predicted octanol–water partition coefficient (Wildman–Crippen LogP) is 0.835. The molecule has 19 heavy (non-hydrogen) atoms. The molecule has 98 valence electrons. The van der Waals surface area contributed by atoms with Gasteiger partial charge in [-0.2, -0.15) is 0 Å². The molecule has 0 bridgehead atoms. The van der Waals surface area contributed by atoms with Gasteiger partial charge in [-0.3, -0.25) is 4.79 Å². The number of hydrogen-bond acceptors (Lipinski definition) is 3. The number of aromatic amines is 1. The number of aliphatic carboxylic acids is 1. The van der Waals surface area contributed by atoms with E-state index in [1.807, 2.05) is 30.3 Å². The number of carboxylic acids is 1. The second kappa shape index (κ2) is 5.81. The number of rotatable bonds is 5. The lowest BCUT2D eigenvalue weighted by Crippen LogP contribution is -2.42. The Morgan fingerprint density at radius 1 is 1.32 bits per heavy atom. The van der Waals surface area contributed by atoms with Crippen molar-refractivity contribution in [2.45, 2.75) is 12.5 Å². The van der Waals surface area contributed by atoms with Crippen LogP contribution in [0.25, 0.3) is 0 Å². The fraction of sp³-hybridized carbons (Fsp3) is 0.154. The number of nitrogens with one attached hydrogen (secondary N) is 2. The first-order chi connectivity index (χ1) is 9.16. The molecular weight excluding hydrogens is 246 g/mol. The summed E-state index contributed by atoms with van der Waals surface area (Å²) in [4.78, 5) is 29.3. The summed E-state index contributed by atoms with van der Waals surface area (Å²) in [6.45, 7) is 0. The number of hydrogen-bond donors (Lipinski definition) is 3. The molecule has 0 unspecified atom stereocenters. The van der Waals surface area contributed by atoms with Crippen molar-refractivity contribution in [3.8, 4) is 0 Å². The number of carbonyl (C=O) groups excluding carboxylic acids is 1. The van der Waals surface area contributed by atoms with Gasteiger partial charge in [-0.15, -0.1) is 0 Å². The number of amides is 1. The monoisotopic (exact) mass is 259 g/mol. The highest BCUT2D eigenvalue weighted by Crippen LogP contribution is 2.04. The fourth-order valence-corrected chi connectivity index (χ4v) is 1.67. The van der Waals surface area contributed by atoms with E-state index in [2.05, 4.69) is 15.3 Å². The van der Waals surface area contributed by atoms with E-state index in [0.29, 0.717) is 0 Å². The van der Waals surface area contributed by atoms with Crippen molar-refractivity contribution in [2.24, 2.45) is 0 Å². The number of carbonyl (C=O) groups is 2. The largest absolute Gasteiger partial charge is 0.480 e. The Bertz CT molecular complexity index is 552. The van der Waals surface area contributed by atoms with Gasteiger partial charge in [-0.05, 0) is 5.56 Å². The average Bonchev–Trinajstić information content (AvgIpc) is 2.93. The zero-order valence-electron chi connectivity index (χ0n) is 10.0. The molecule has 1 aromatic heterocycles. The summed E-state index contributed by atoms with van der Waals surface area (Å²) in [5.74, 6) is -1.56. The van der Waals surface area contributed by atoms with Crippen LogP contribution in [0, 0.1) is 0 Å². The Labute approximate surface area is 109 Å². The van der Waals surface area contributed by atoms with Gasteiger partial charge in [0.2, 0.25) is 0 Å². The maximum Gasteiger partial charge on any atom is 0.326 e. The third-order valence-electron chi connectivity index (χ3n) is 2.63. The number of imidazole rings is 1. The Hall–Kier alpha value is -2.63. The maximum absolute atomic E-state index is 11.8. The lowest BCUT2D eigenvalue weighted by Gasteiger charge is -2.13. The highest BCUT2D eigenvalue weighted by atomic mass is 16.4. The zero-order valence-corrected chi connectivity index (χ0v) is 10.0. The van der Waals surface area contributed by atoms with Gasteiger partial charge in [-0.1, -0.05) is 30.3 Å². The molecule has 0 saturated heterocycles. The summed E-state index contributed by atoms with van der Waals surface area (Å²) in [6.07, 6.45) is 2.94. The SMILES string of the molecule is O=C(N[C@@H](Cc1ccccc1)C(=O)O)c1cnc[nH]1. The second-order valence-electron chi connectivity index (χ2n) is 4.02. The van der Waals surface area contributed by atoms with Gasteiger partial charge >= 0.3 is 5.97 Å². The lowest BCUT2D eigenvalue weighted by molar-refractivity contribution is -0.139. The van der Waals surface area contributed by atoms with Crippen LogP contribution in [0.5, 0.6) is 0 Å². The van der Waals surface area contributed by atoms with Crippen molar-refractivity contribution in [3.05, 3.63) is 54.1 Å². The third kappa shape index (κ3) is 3.41. The Kier molecular flexibility index (Phi) is 3.92. The molecule has 2 aromatic rings. The summed E-state index contributed by atoms with van der Waals surface area (Å²) in [7, 11) is 0. The molecule has 0 aliphatic rings. The van der Waals surface area contributed by atoms with Gasteiger partial charge in [-0.25, -0.2) is 9.78 Å². The van der Waals surface area contributed by atoms with Crippen LogP contribution in [-0.2, 0) is 11.2 Å². The average molecular weight is 259 g/mol. The second-order valence-corrected chi connectivity index (χ2v) is 4.02. The van der Waals surface area contributed by atoms with E-state index >= 15 is 0 Å². The quantitative estimate of drug-likeness (QED) is 0.741. The van der Waals surface area contributed by atoms with Crippen LogP contribution >= 0.6 is 0 Å². The van der Waals surface area contributed by atoms with E-state index in [1.54, 1.807) is 0 Å². The third-order valence-corrected chi connectivity index (χ3v) is 2.63. The van der Waals surface area contributed by atoms with Crippen LogP contribution in [0.2, 0.25) is 0 Å². The molecule has 1 amide bonds. The van der Waals surface area contributed by atoms with Crippen LogP contribution in [0.1, 0.15) is 16.1 Å². The van der Waals surface area contributed by atoms with Crippen molar-refractivity contribution >= 4 is 11.9 Å². The normalized spacial score (nSPS) is 11.8. The van der Waals surface area contributed by atoms with E-state index < -0.39 is 17.9 Å². The first-order valence-electron chi connectivity index (χ1n) is 5.73. The van der Waals surface area contributed by atoms with Crippen LogP contribution in [0.15, 0.2) is 42.9 Å². The molecule has 0 spiro atoms. The number of aromatic nitrogens is 2. The van der Waals surface area contributed by atoms with Crippen LogP contribution in [0.3, 0.4) is 0 Å². The fourth-order valence-electron chi connectivity index (χ4n) is 1.67. The molecule has 6 nitrogen and oxygen atoms in total. The molecule has 1 atom stereocenters. The molecule has 3 N–H and O–H groups in total. The van der Waals surface area contributed by atoms with Crippen LogP contribution in [0.4, 0.5) is 0 Å². The first kappa shape index (κ1) is 12.8. The minimum absolute atomic E-state index is 0.232. The molecule has 6 heteroatoms. The van der Waals surface area contributed by atoms with Crippen molar-refractivity contribution < 1.29 is 14.7 Å². The highest BCUT2D eigenvalue weighted by molar-refractivity contribution is 5.94. The van der Waals surface area contributed by atoms with Crippen molar-refractivity contribution in [3.63, 3.8) is 0 Å². The van der Waals surface area contributed by atoms with Crippen molar-refractivity contribution in [2.75, 3.05) is 0 Å². The molecule has 0 aliphatic carbocycles. The van der Waals surface area contributed by atoms with Gasteiger partial charge < -0.3 is 15.4 Å². The van der Waals surface area contributed by atoms with Gasteiger partial charge in [0.1, 0.15) is 11.7 Å². The number of nitrogens with zero attached hydrogens (tertiary/aromatic N) is 1. The standard InChI is InChI=1S/C13H13N3O3/c17-12(11-7-14-8-15-11)16-10(13(18)19)6-9-4-2-1-3-5-9/h1-5,7-8,10H,6H2,(H,14,15)(H,16,17)(H,18,19)/t10-/m0/s1. The highest BCUT2D eigenvalue weighted by Gasteiger charge is 2.21. The molecule has 1 aromatic carbocycles. The van der Waals surface area contributed by atoms with Crippen LogP contribution in [-0.4, -0.2) is 33.0 Å². The molecule has 1 heterocycles. The van der Waals surface area contributed by atoms with E-state index in [-0.39, 0.29) is 12.1 Å². The van der Waals surface area contributed by atoms with Crippen molar-refractivity contribution in [1.29, 1.82) is 0 Å². The Morgan fingerprint density at radius 3 is 2.63 bits per heavy atom. The molecular formula is C13H13N3O3. The Balaban J connectivity index is 2.05.